The normalized spacial score (nSPS) is 20.5. The van der Waals surface area contributed by atoms with E-state index in [0.717, 1.165) is 11.1 Å². The molecule has 8 heteroatoms. The highest BCUT2D eigenvalue weighted by atomic mass is 16.4. The van der Waals surface area contributed by atoms with Gasteiger partial charge in [-0.1, -0.05) is 18.2 Å². The Morgan fingerprint density at radius 3 is 2.23 bits per heavy atom. The molecule has 0 saturated carbocycles. The number of anilines is 2. The van der Waals surface area contributed by atoms with Gasteiger partial charge in [0.15, 0.2) is 0 Å². The molecule has 2 N–H and O–H groups in total. The molecule has 0 aliphatic carbocycles. The van der Waals surface area contributed by atoms with E-state index < -0.39 is 12.2 Å². The molecule has 0 aromatic heterocycles. The molecule has 3 amide bonds. The zero-order valence-corrected chi connectivity index (χ0v) is 17.5. The van der Waals surface area contributed by atoms with Crippen molar-refractivity contribution in [2.45, 2.75) is 32.4 Å². The van der Waals surface area contributed by atoms with Crippen LogP contribution >= 0.6 is 0 Å². The van der Waals surface area contributed by atoms with Gasteiger partial charge in [0.2, 0.25) is 5.91 Å². The zero-order chi connectivity index (χ0) is 22.3. The van der Waals surface area contributed by atoms with Gasteiger partial charge in [0.25, 0.3) is 5.91 Å². The first-order valence-electron chi connectivity index (χ1n) is 10.3. The summed E-state index contributed by atoms with van der Waals surface area (Å²) >= 11 is 0. The predicted molar refractivity (Wildman–Crippen MR) is 116 cm³/mol. The Labute approximate surface area is 180 Å². The van der Waals surface area contributed by atoms with Crippen molar-refractivity contribution in [3.05, 3.63) is 48.0 Å². The monoisotopic (exact) mass is 423 g/mol. The summed E-state index contributed by atoms with van der Waals surface area (Å²) in [6.07, 6.45) is -0.940. The van der Waals surface area contributed by atoms with E-state index in [2.05, 4.69) is 0 Å². The van der Waals surface area contributed by atoms with E-state index in [1.54, 1.807) is 34.1 Å². The molecule has 0 unspecified atom stereocenters. The third-order valence-corrected chi connectivity index (χ3v) is 5.90. The van der Waals surface area contributed by atoms with Crippen molar-refractivity contribution < 1.29 is 24.6 Å². The lowest BCUT2D eigenvalue weighted by atomic mass is 9.99. The smallest absolute Gasteiger partial charge is 0.411 e. The second kappa shape index (κ2) is 8.03. The topological polar surface area (TPSA) is 101 Å². The fourth-order valence-electron chi connectivity index (χ4n) is 4.38. The summed E-state index contributed by atoms with van der Waals surface area (Å²) < 4.78 is 0. The molecule has 2 aromatic rings. The minimum Gasteiger partial charge on any atom is -0.465 e. The second-order valence-corrected chi connectivity index (χ2v) is 8.11. The van der Waals surface area contributed by atoms with Gasteiger partial charge in [-0.05, 0) is 48.7 Å². The van der Waals surface area contributed by atoms with Crippen LogP contribution in [-0.2, 0) is 4.79 Å². The number of fused-ring (bicyclic) bond motifs is 1. The van der Waals surface area contributed by atoms with Crippen molar-refractivity contribution >= 4 is 29.3 Å². The highest BCUT2D eigenvalue weighted by molar-refractivity contribution is 6.03. The molecule has 1 saturated heterocycles. The molecule has 2 aromatic carbocycles. The number of carbonyl (C=O) groups excluding carboxylic acids is 2. The number of aliphatic hydroxyl groups is 1. The number of carboxylic acid groups (broad SMARTS) is 1. The van der Waals surface area contributed by atoms with Crippen molar-refractivity contribution in [2.24, 2.45) is 0 Å². The Hall–Kier alpha value is -3.39. The average molecular weight is 423 g/mol. The van der Waals surface area contributed by atoms with Crippen LogP contribution < -0.4 is 9.80 Å². The summed E-state index contributed by atoms with van der Waals surface area (Å²) in [5.41, 5.74) is 3.19. The molecule has 0 bridgehead atoms. The third-order valence-electron chi connectivity index (χ3n) is 5.90. The molecule has 162 valence electrons. The van der Waals surface area contributed by atoms with Crippen molar-refractivity contribution in [1.29, 1.82) is 0 Å². The van der Waals surface area contributed by atoms with Gasteiger partial charge >= 0.3 is 6.09 Å². The largest absolute Gasteiger partial charge is 0.465 e. The molecule has 31 heavy (non-hydrogen) atoms. The first kappa shape index (κ1) is 20.9. The number of likely N-dealkylation sites (tertiary alicyclic amines) is 1. The Balaban J connectivity index is 1.65. The van der Waals surface area contributed by atoms with Gasteiger partial charge < -0.3 is 20.0 Å². The van der Waals surface area contributed by atoms with Gasteiger partial charge in [0.1, 0.15) is 0 Å². The maximum absolute atomic E-state index is 12.6. The van der Waals surface area contributed by atoms with Crippen LogP contribution in [0.1, 0.15) is 30.6 Å². The van der Waals surface area contributed by atoms with Gasteiger partial charge in [-0.25, -0.2) is 4.79 Å². The quantitative estimate of drug-likeness (QED) is 0.774. The molecule has 1 fully saturated rings. The summed E-state index contributed by atoms with van der Waals surface area (Å²) in [6, 6.07) is 12.2. The lowest BCUT2D eigenvalue weighted by Gasteiger charge is -2.39. The van der Waals surface area contributed by atoms with E-state index in [1.807, 2.05) is 25.1 Å². The first-order chi connectivity index (χ1) is 14.8. The molecular formula is C23H25N3O5. The fraction of sp³-hybridized carbons (Fsp3) is 0.348. The van der Waals surface area contributed by atoms with Gasteiger partial charge in [-0.3, -0.25) is 14.5 Å². The third kappa shape index (κ3) is 3.86. The minimum absolute atomic E-state index is 0.114. The summed E-state index contributed by atoms with van der Waals surface area (Å²) in [6.45, 7) is 4.38. The lowest BCUT2D eigenvalue weighted by molar-refractivity contribution is -0.117. The summed E-state index contributed by atoms with van der Waals surface area (Å²) in [7, 11) is 0. The Morgan fingerprint density at radius 2 is 1.65 bits per heavy atom. The highest BCUT2D eigenvalue weighted by Crippen LogP contribution is 2.39. The number of carbonyl (C=O) groups is 3. The van der Waals surface area contributed by atoms with Crippen molar-refractivity contribution in [2.75, 3.05) is 29.4 Å². The number of hydrogen-bond acceptors (Lipinski definition) is 4. The van der Waals surface area contributed by atoms with E-state index in [0.29, 0.717) is 36.4 Å². The van der Waals surface area contributed by atoms with Crippen LogP contribution in [0, 0.1) is 0 Å². The fourth-order valence-corrected chi connectivity index (χ4v) is 4.38. The van der Waals surface area contributed by atoms with Crippen LogP contribution in [-0.4, -0.2) is 64.8 Å². The number of hydrogen-bond donors (Lipinski definition) is 2. The summed E-state index contributed by atoms with van der Waals surface area (Å²) in [4.78, 5) is 41.1. The van der Waals surface area contributed by atoms with Gasteiger partial charge in [-0.15, -0.1) is 0 Å². The Morgan fingerprint density at radius 1 is 0.968 bits per heavy atom. The van der Waals surface area contributed by atoms with E-state index in [9.17, 15) is 24.6 Å². The van der Waals surface area contributed by atoms with Gasteiger partial charge in [-0.2, -0.15) is 0 Å². The molecule has 8 nitrogen and oxygen atoms in total. The zero-order valence-electron chi connectivity index (χ0n) is 17.5. The van der Waals surface area contributed by atoms with Crippen LogP contribution in [0.5, 0.6) is 0 Å². The number of nitrogens with zero attached hydrogens (tertiary/aromatic N) is 3. The summed E-state index contributed by atoms with van der Waals surface area (Å²) in [5.74, 6) is -0.252. The highest BCUT2D eigenvalue weighted by Gasteiger charge is 2.33. The van der Waals surface area contributed by atoms with E-state index >= 15 is 0 Å². The number of β-amino-alcohol motifs (C(OH)–C–C–N with tert-alkyl or cyclic N) is 1. The lowest BCUT2D eigenvalue weighted by Crippen LogP contribution is -2.51. The van der Waals surface area contributed by atoms with Crippen LogP contribution in [0.15, 0.2) is 42.5 Å². The number of amides is 3. The van der Waals surface area contributed by atoms with Crippen LogP contribution in [0.3, 0.4) is 0 Å². The Bertz CT molecular complexity index is 1040. The predicted octanol–water partition coefficient (Wildman–Crippen LogP) is 2.80. The Kier molecular flexibility index (Phi) is 5.41. The molecular weight excluding hydrogens is 398 g/mol. The molecule has 2 aliphatic heterocycles. The number of benzene rings is 2. The van der Waals surface area contributed by atoms with E-state index in [1.165, 1.54) is 11.8 Å². The van der Waals surface area contributed by atoms with Crippen LogP contribution in [0.2, 0.25) is 0 Å². The van der Waals surface area contributed by atoms with Crippen molar-refractivity contribution in [3.8, 4) is 11.1 Å². The molecule has 0 spiro atoms. The number of rotatable bonds is 2. The number of aliphatic hydroxyl groups excluding tert-OH is 1. The van der Waals surface area contributed by atoms with E-state index in [-0.39, 0.29) is 24.4 Å². The maximum Gasteiger partial charge on any atom is 0.411 e. The first-order valence-corrected chi connectivity index (χ1v) is 10.3. The molecule has 0 radical (unpaired) electrons. The summed E-state index contributed by atoms with van der Waals surface area (Å²) in [5, 5.41) is 19.3. The van der Waals surface area contributed by atoms with Crippen LogP contribution in [0.25, 0.3) is 11.1 Å². The van der Waals surface area contributed by atoms with Gasteiger partial charge in [0.05, 0.1) is 23.5 Å². The van der Waals surface area contributed by atoms with Crippen molar-refractivity contribution in [1.82, 2.24) is 4.90 Å². The van der Waals surface area contributed by atoms with Crippen molar-refractivity contribution in [3.63, 3.8) is 0 Å². The standard InChI is InChI=1S/C23H25N3O5/c1-14-12-25(23(30)31)21-11-18(7-8-20(21)26(14)15(2)27)16-3-5-17(6-4-16)22(29)24-10-9-19(28)13-24/h3-8,11,14,19,28H,9-10,12-13H2,1-2H3,(H,30,31)/t14-,19+/m0/s1. The minimum atomic E-state index is -1.07. The van der Waals surface area contributed by atoms with Crippen LogP contribution in [0.4, 0.5) is 16.2 Å². The SMILES string of the molecule is CC(=O)N1c2ccc(-c3ccc(C(=O)N4CC[C@@H](O)C4)cc3)cc2N(C(=O)O)C[C@@H]1C. The van der Waals surface area contributed by atoms with E-state index in [4.69, 9.17) is 0 Å². The average Bonchev–Trinajstić information content (AvgIpc) is 3.18. The molecule has 2 heterocycles. The molecule has 2 aliphatic rings. The molecule has 2 atom stereocenters. The second-order valence-electron chi connectivity index (χ2n) is 8.11. The van der Waals surface area contributed by atoms with Gasteiger partial charge in [0, 0.05) is 32.1 Å². The molecule has 4 rings (SSSR count). The maximum atomic E-state index is 12.6.